The van der Waals surface area contributed by atoms with Gasteiger partial charge in [-0.05, 0) is 6.92 Å². The fourth-order valence-electron chi connectivity index (χ4n) is 0.302. The van der Waals surface area contributed by atoms with Crippen molar-refractivity contribution in [3.8, 4) is 5.75 Å². The summed E-state index contributed by atoms with van der Waals surface area (Å²) >= 11 is 0. The van der Waals surface area contributed by atoms with Gasteiger partial charge in [-0.3, -0.25) is 5.10 Å². The van der Waals surface area contributed by atoms with Gasteiger partial charge < -0.3 is 5.11 Å². The van der Waals surface area contributed by atoms with Crippen molar-refractivity contribution in [3.63, 3.8) is 0 Å². The fourth-order valence-corrected chi connectivity index (χ4v) is 0.302. The van der Waals surface area contributed by atoms with Crippen LogP contribution in [0.25, 0.3) is 0 Å². The molecule has 0 amide bonds. The smallest absolute Gasteiger partial charge is 0.166 e. The van der Waals surface area contributed by atoms with Crippen molar-refractivity contribution in [1.29, 1.82) is 0 Å². The van der Waals surface area contributed by atoms with Crippen LogP contribution >= 0.6 is 0 Å². The van der Waals surface area contributed by atoms with Gasteiger partial charge in [0.05, 0.1) is 5.69 Å². The van der Waals surface area contributed by atoms with Crippen LogP contribution in [0.2, 0.25) is 0 Å². The topological polar surface area (TPSA) is 48.9 Å². The summed E-state index contributed by atoms with van der Waals surface area (Å²) in [6, 6.07) is 0. The van der Waals surface area contributed by atoms with Gasteiger partial charge in [-0.1, -0.05) is 0 Å². The largest absolute Gasteiger partial charge is 0.504 e. The molecular formula is C4H5N2O. The summed E-state index contributed by atoms with van der Waals surface area (Å²) in [7, 11) is 0. The van der Waals surface area contributed by atoms with Crippen LogP contribution in [0.3, 0.4) is 0 Å². The molecule has 0 bridgehead atoms. The molecular weight excluding hydrogens is 92.1 g/mol. The maximum atomic E-state index is 8.61. The van der Waals surface area contributed by atoms with Crippen LogP contribution in [0, 0.1) is 13.1 Å². The summed E-state index contributed by atoms with van der Waals surface area (Å²) in [5, 5.41) is 14.5. The Kier molecular flexibility index (Phi) is 0.749. The number of aromatic nitrogens is 2. The Morgan fingerprint density at radius 2 is 2.57 bits per heavy atom. The lowest BCUT2D eigenvalue weighted by Gasteiger charge is -1.78. The van der Waals surface area contributed by atoms with E-state index >= 15 is 0 Å². The third-order valence-corrected chi connectivity index (χ3v) is 0.741. The Balaban J connectivity index is 3.12. The first-order valence-electron chi connectivity index (χ1n) is 1.92. The van der Waals surface area contributed by atoms with E-state index in [9.17, 15) is 0 Å². The average Bonchev–Trinajstić information content (AvgIpc) is 1.91. The Morgan fingerprint density at radius 1 is 1.86 bits per heavy atom. The lowest BCUT2D eigenvalue weighted by atomic mass is 10.5. The Morgan fingerprint density at radius 3 is 2.71 bits per heavy atom. The highest BCUT2D eigenvalue weighted by molar-refractivity contribution is 5.17. The minimum absolute atomic E-state index is 0.0972. The van der Waals surface area contributed by atoms with E-state index in [1.807, 2.05) is 0 Å². The van der Waals surface area contributed by atoms with Gasteiger partial charge in [0.2, 0.25) is 0 Å². The molecule has 7 heavy (non-hydrogen) atoms. The van der Waals surface area contributed by atoms with E-state index in [4.69, 9.17) is 5.11 Å². The molecule has 3 nitrogen and oxygen atoms in total. The lowest BCUT2D eigenvalue weighted by molar-refractivity contribution is 0.470. The Bertz CT molecular complexity index is 142. The molecule has 2 N–H and O–H groups in total. The lowest BCUT2D eigenvalue weighted by Crippen LogP contribution is -1.67. The third-order valence-electron chi connectivity index (χ3n) is 0.741. The predicted octanol–water partition coefficient (Wildman–Crippen LogP) is 0.224. The maximum Gasteiger partial charge on any atom is 0.166 e. The van der Waals surface area contributed by atoms with E-state index in [2.05, 4.69) is 16.4 Å². The second kappa shape index (κ2) is 1.26. The summed E-state index contributed by atoms with van der Waals surface area (Å²) < 4.78 is 0. The molecule has 0 saturated carbocycles. The number of aryl methyl sites for hydroxylation is 1. The predicted molar refractivity (Wildman–Crippen MR) is 23.8 cm³/mol. The second-order valence-corrected chi connectivity index (χ2v) is 1.31. The second-order valence-electron chi connectivity index (χ2n) is 1.31. The van der Waals surface area contributed by atoms with Crippen molar-refractivity contribution in [3.05, 3.63) is 11.9 Å². The summed E-state index contributed by atoms with van der Waals surface area (Å²) in [5.74, 6) is 0.0972. The number of nitrogens with zero attached hydrogens (tertiary/aromatic N) is 1. The molecule has 37 valence electrons. The monoisotopic (exact) mass is 97.0 g/mol. The van der Waals surface area contributed by atoms with Gasteiger partial charge in [0.1, 0.15) is 0 Å². The minimum atomic E-state index is 0.0972. The standard InChI is InChI=1S/C4H5N2O/c1-3-4(7)2-5-6-3/h7H,1H3,(H,5,6). The van der Waals surface area contributed by atoms with Crippen molar-refractivity contribution in [2.45, 2.75) is 6.92 Å². The highest BCUT2D eigenvalue weighted by Crippen LogP contribution is 2.06. The van der Waals surface area contributed by atoms with E-state index in [1.54, 1.807) is 6.92 Å². The molecule has 0 saturated heterocycles. The molecule has 0 atom stereocenters. The van der Waals surface area contributed by atoms with Gasteiger partial charge in [-0.25, -0.2) is 0 Å². The normalized spacial score (nSPS) is 9.29. The van der Waals surface area contributed by atoms with Crippen LogP contribution < -0.4 is 0 Å². The quantitative estimate of drug-likeness (QED) is 0.486. The molecule has 1 radical (unpaired) electrons. The van der Waals surface area contributed by atoms with E-state index in [1.165, 1.54) is 0 Å². The van der Waals surface area contributed by atoms with Gasteiger partial charge in [-0.15, -0.1) is 0 Å². The molecule has 1 heterocycles. The van der Waals surface area contributed by atoms with Gasteiger partial charge >= 0.3 is 0 Å². The number of hydrogen-bond acceptors (Lipinski definition) is 2. The van der Waals surface area contributed by atoms with Crippen LogP contribution in [0.5, 0.6) is 5.75 Å². The van der Waals surface area contributed by atoms with Crippen LogP contribution in [0.15, 0.2) is 0 Å². The fraction of sp³-hybridized carbons (Fsp3) is 0.250. The molecule has 0 aromatic carbocycles. The van der Waals surface area contributed by atoms with Crippen LogP contribution in [0.1, 0.15) is 5.69 Å². The van der Waals surface area contributed by atoms with E-state index in [-0.39, 0.29) is 5.75 Å². The number of nitrogens with one attached hydrogen (secondary N) is 1. The van der Waals surface area contributed by atoms with Crippen LogP contribution in [0.4, 0.5) is 0 Å². The summed E-state index contributed by atoms with van der Waals surface area (Å²) in [6.07, 6.45) is 2.32. The van der Waals surface area contributed by atoms with Crippen molar-refractivity contribution in [1.82, 2.24) is 10.2 Å². The number of hydrogen-bond donors (Lipinski definition) is 2. The van der Waals surface area contributed by atoms with Crippen LogP contribution in [-0.2, 0) is 0 Å². The summed E-state index contributed by atoms with van der Waals surface area (Å²) in [5.41, 5.74) is 0.653. The highest BCUT2D eigenvalue weighted by atomic mass is 16.3. The molecule has 3 heteroatoms. The van der Waals surface area contributed by atoms with Crippen LogP contribution in [-0.4, -0.2) is 15.3 Å². The van der Waals surface area contributed by atoms with Gasteiger partial charge in [0.25, 0.3) is 0 Å². The third kappa shape index (κ3) is 0.559. The zero-order valence-corrected chi connectivity index (χ0v) is 3.89. The molecule has 1 aromatic heterocycles. The van der Waals surface area contributed by atoms with Gasteiger partial charge in [0.15, 0.2) is 11.9 Å². The van der Waals surface area contributed by atoms with Gasteiger partial charge in [-0.2, -0.15) is 5.10 Å². The van der Waals surface area contributed by atoms with Crippen molar-refractivity contribution in [2.75, 3.05) is 0 Å². The number of rotatable bonds is 0. The minimum Gasteiger partial charge on any atom is -0.504 e. The van der Waals surface area contributed by atoms with E-state index in [0.717, 1.165) is 0 Å². The van der Waals surface area contributed by atoms with Crippen molar-refractivity contribution >= 4 is 0 Å². The van der Waals surface area contributed by atoms with E-state index < -0.39 is 0 Å². The first-order valence-corrected chi connectivity index (χ1v) is 1.92. The molecule has 0 aliphatic rings. The maximum absolute atomic E-state index is 8.61. The average molecular weight is 97.1 g/mol. The van der Waals surface area contributed by atoms with Gasteiger partial charge in [0, 0.05) is 0 Å². The molecule has 0 spiro atoms. The summed E-state index contributed by atoms with van der Waals surface area (Å²) in [6.45, 7) is 1.72. The number of aromatic hydroxyl groups is 1. The summed E-state index contributed by atoms with van der Waals surface area (Å²) in [4.78, 5) is 0. The SMILES string of the molecule is Cc1[nH]n[c]c1O. The Labute approximate surface area is 41.0 Å². The molecule has 0 aliphatic heterocycles. The molecule has 0 fully saturated rings. The molecule has 1 aromatic rings. The first kappa shape index (κ1) is 4.18. The molecule has 0 unspecified atom stereocenters. The molecule has 0 aliphatic carbocycles. The Hall–Kier alpha value is -0.990. The van der Waals surface area contributed by atoms with Crippen molar-refractivity contribution in [2.24, 2.45) is 0 Å². The zero-order chi connectivity index (χ0) is 5.28. The number of aromatic amines is 1. The zero-order valence-electron chi connectivity index (χ0n) is 3.89. The molecule has 1 rings (SSSR count). The first-order chi connectivity index (χ1) is 3.30. The number of H-pyrrole nitrogens is 1. The van der Waals surface area contributed by atoms with Crippen molar-refractivity contribution < 1.29 is 5.11 Å². The van der Waals surface area contributed by atoms with E-state index in [0.29, 0.717) is 5.69 Å². The highest BCUT2D eigenvalue weighted by Gasteiger charge is 1.92.